The van der Waals surface area contributed by atoms with Crippen LogP contribution in [0.2, 0.25) is 0 Å². The summed E-state index contributed by atoms with van der Waals surface area (Å²) in [5, 5.41) is 0. The lowest BCUT2D eigenvalue weighted by Crippen LogP contribution is -2.11. The number of hydrogen-bond donors (Lipinski definition) is 0. The molecule has 0 aliphatic rings. The maximum Gasteiger partial charge on any atom is 0.0317 e. The zero-order valence-corrected chi connectivity index (χ0v) is 8.36. The van der Waals surface area contributed by atoms with Gasteiger partial charge in [-0.2, -0.15) is 0 Å². The molecule has 0 aromatic heterocycles. The van der Waals surface area contributed by atoms with Gasteiger partial charge in [0.2, 0.25) is 0 Å². The highest BCUT2D eigenvalue weighted by atomic mass is 15.1. The second kappa shape index (κ2) is 4.22. The standard InChI is InChI=1S/C10H19N/c1-7-8(2)9(3)10(4)11(5)6/h4,7H2,1-3,5-6H3/b9-8-. The Kier molecular flexibility index (Phi) is 3.94. The molecule has 1 nitrogen and oxygen atoms in total. The molecule has 0 spiro atoms. The molecule has 0 aliphatic heterocycles. The van der Waals surface area contributed by atoms with Gasteiger partial charge in [-0.25, -0.2) is 0 Å². The van der Waals surface area contributed by atoms with Gasteiger partial charge in [-0.3, -0.25) is 0 Å². The average Bonchev–Trinajstić information content (AvgIpc) is 2.00. The van der Waals surface area contributed by atoms with Crippen LogP contribution in [0.4, 0.5) is 0 Å². The van der Waals surface area contributed by atoms with Gasteiger partial charge >= 0.3 is 0 Å². The monoisotopic (exact) mass is 153 g/mol. The number of nitrogens with zero attached hydrogens (tertiary/aromatic N) is 1. The zero-order valence-electron chi connectivity index (χ0n) is 8.36. The largest absolute Gasteiger partial charge is 0.378 e. The Bertz CT molecular complexity index is 175. The van der Waals surface area contributed by atoms with Crippen LogP contribution < -0.4 is 0 Å². The van der Waals surface area contributed by atoms with Crippen molar-refractivity contribution in [3.63, 3.8) is 0 Å². The van der Waals surface area contributed by atoms with Gasteiger partial charge in [0.05, 0.1) is 0 Å². The minimum atomic E-state index is 1.11. The highest BCUT2D eigenvalue weighted by molar-refractivity contribution is 5.28. The van der Waals surface area contributed by atoms with E-state index in [2.05, 4.69) is 32.3 Å². The van der Waals surface area contributed by atoms with Gasteiger partial charge in [0.15, 0.2) is 0 Å². The molecule has 0 rings (SSSR count). The van der Waals surface area contributed by atoms with Gasteiger partial charge < -0.3 is 4.90 Å². The maximum absolute atomic E-state index is 3.99. The lowest BCUT2D eigenvalue weighted by Gasteiger charge is -2.17. The predicted octanol–water partition coefficient (Wildman–Crippen LogP) is 2.81. The molecular formula is C10H19N. The van der Waals surface area contributed by atoms with E-state index in [0.717, 1.165) is 12.1 Å². The molecule has 0 aromatic rings. The topological polar surface area (TPSA) is 3.24 Å². The van der Waals surface area contributed by atoms with E-state index in [1.807, 2.05) is 14.1 Å². The van der Waals surface area contributed by atoms with E-state index in [4.69, 9.17) is 0 Å². The molecule has 0 saturated heterocycles. The third-order valence-corrected chi connectivity index (χ3v) is 2.14. The fourth-order valence-corrected chi connectivity index (χ4v) is 0.847. The summed E-state index contributed by atoms with van der Waals surface area (Å²) in [6.45, 7) is 10.4. The van der Waals surface area contributed by atoms with Crippen molar-refractivity contribution in [1.29, 1.82) is 0 Å². The van der Waals surface area contributed by atoms with Crippen molar-refractivity contribution in [3.8, 4) is 0 Å². The molecule has 0 unspecified atom stereocenters. The van der Waals surface area contributed by atoms with E-state index in [-0.39, 0.29) is 0 Å². The minimum absolute atomic E-state index is 1.11. The number of hydrogen-bond acceptors (Lipinski definition) is 1. The van der Waals surface area contributed by atoms with E-state index >= 15 is 0 Å². The summed E-state index contributed by atoms with van der Waals surface area (Å²) in [6, 6.07) is 0. The fraction of sp³-hybridized carbons (Fsp3) is 0.600. The van der Waals surface area contributed by atoms with Crippen LogP contribution in [0.3, 0.4) is 0 Å². The lowest BCUT2D eigenvalue weighted by molar-refractivity contribution is 0.522. The molecular weight excluding hydrogens is 134 g/mol. The molecule has 0 amide bonds. The van der Waals surface area contributed by atoms with Crippen LogP contribution >= 0.6 is 0 Å². The van der Waals surface area contributed by atoms with Crippen LogP contribution in [-0.2, 0) is 0 Å². The van der Waals surface area contributed by atoms with Crippen LogP contribution in [0.1, 0.15) is 27.2 Å². The first kappa shape index (κ1) is 10.3. The van der Waals surface area contributed by atoms with E-state index in [0.29, 0.717) is 0 Å². The molecule has 0 N–H and O–H groups in total. The number of likely N-dealkylation sites (N-methyl/N-ethyl adjacent to an activating group) is 1. The summed E-state index contributed by atoms with van der Waals surface area (Å²) in [5.74, 6) is 0. The molecule has 0 radical (unpaired) electrons. The van der Waals surface area contributed by atoms with Crippen LogP contribution in [0, 0.1) is 0 Å². The van der Waals surface area contributed by atoms with E-state index in [9.17, 15) is 0 Å². The second-order valence-corrected chi connectivity index (χ2v) is 3.10. The summed E-state index contributed by atoms with van der Waals surface area (Å²) in [6.07, 6.45) is 1.11. The summed E-state index contributed by atoms with van der Waals surface area (Å²) < 4.78 is 0. The number of rotatable bonds is 3. The zero-order chi connectivity index (χ0) is 9.02. The summed E-state index contributed by atoms with van der Waals surface area (Å²) in [4.78, 5) is 2.05. The normalized spacial score (nSPS) is 12.5. The molecule has 0 bridgehead atoms. The minimum Gasteiger partial charge on any atom is -0.378 e. The van der Waals surface area contributed by atoms with Crippen molar-refractivity contribution in [2.75, 3.05) is 14.1 Å². The third kappa shape index (κ3) is 2.79. The van der Waals surface area contributed by atoms with Crippen molar-refractivity contribution in [2.45, 2.75) is 27.2 Å². The summed E-state index contributed by atoms with van der Waals surface area (Å²) in [5.41, 5.74) is 3.85. The van der Waals surface area contributed by atoms with Crippen molar-refractivity contribution in [3.05, 3.63) is 23.4 Å². The van der Waals surface area contributed by atoms with Gasteiger partial charge in [-0.15, -0.1) is 0 Å². The van der Waals surface area contributed by atoms with Gasteiger partial charge in [-0.1, -0.05) is 19.1 Å². The SMILES string of the molecule is C=C(/C(C)=C(/C)CC)N(C)C. The number of allylic oxidation sites excluding steroid dienone is 2. The summed E-state index contributed by atoms with van der Waals surface area (Å²) in [7, 11) is 4.05. The van der Waals surface area contributed by atoms with Crippen molar-refractivity contribution in [2.24, 2.45) is 0 Å². The summed E-state index contributed by atoms with van der Waals surface area (Å²) >= 11 is 0. The van der Waals surface area contributed by atoms with Crippen LogP contribution in [0.15, 0.2) is 23.4 Å². The molecule has 0 saturated carbocycles. The molecule has 0 heterocycles. The molecule has 0 fully saturated rings. The highest BCUT2D eigenvalue weighted by Crippen LogP contribution is 2.15. The van der Waals surface area contributed by atoms with Gasteiger partial charge in [0.25, 0.3) is 0 Å². The molecule has 0 aromatic carbocycles. The Labute approximate surface area is 70.4 Å². The first-order chi connectivity index (χ1) is 5.00. The Morgan fingerprint density at radius 1 is 1.27 bits per heavy atom. The van der Waals surface area contributed by atoms with Gasteiger partial charge in [0, 0.05) is 19.8 Å². The maximum atomic E-state index is 3.99. The van der Waals surface area contributed by atoms with E-state index in [1.54, 1.807) is 0 Å². The van der Waals surface area contributed by atoms with Gasteiger partial charge in [0.1, 0.15) is 0 Å². The van der Waals surface area contributed by atoms with Gasteiger partial charge in [-0.05, 0) is 25.8 Å². The Morgan fingerprint density at radius 2 is 1.73 bits per heavy atom. The molecule has 11 heavy (non-hydrogen) atoms. The van der Waals surface area contributed by atoms with Crippen LogP contribution in [-0.4, -0.2) is 19.0 Å². The highest BCUT2D eigenvalue weighted by Gasteiger charge is 2.01. The molecule has 1 heteroatoms. The predicted molar refractivity (Wildman–Crippen MR) is 51.5 cm³/mol. The first-order valence-electron chi connectivity index (χ1n) is 4.03. The van der Waals surface area contributed by atoms with Crippen molar-refractivity contribution in [1.82, 2.24) is 4.90 Å². The smallest absolute Gasteiger partial charge is 0.0317 e. The Hall–Kier alpha value is -0.720. The Morgan fingerprint density at radius 3 is 2.00 bits per heavy atom. The first-order valence-corrected chi connectivity index (χ1v) is 4.03. The van der Waals surface area contributed by atoms with Crippen LogP contribution in [0.25, 0.3) is 0 Å². The second-order valence-electron chi connectivity index (χ2n) is 3.10. The van der Waals surface area contributed by atoms with E-state index < -0.39 is 0 Å². The van der Waals surface area contributed by atoms with Crippen molar-refractivity contribution < 1.29 is 0 Å². The molecule has 0 aliphatic carbocycles. The fourth-order valence-electron chi connectivity index (χ4n) is 0.847. The lowest BCUT2D eigenvalue weighted by atomic mass is 10.1. The van der Waals surface area contributed by atoms with E-state index in [1.165, 1.54) is 11.1 Å². The molecule has 64 valence electrons. The average molecular weight is 153 g/mol. The quantitative estimate of drug-likeness (QED) is 0.563. The third-order valence-electron chi connectivity index (χ3n) is 2.14. The molecule has 0 atom stereocenters. The Balaban J connectivity index is 4.47. The van der Waals surface area contributed by atoms with Crippen molar-refractivity contribution >= 4 is 0 Å². The van der Waals surface area contributed by atoms with Crippen LogP contribution in [0.5, 0.6) is 0 Å².